The molecule has 1 saturated heterocycles. The Hall–Kier alpha value is -1.06. The minimum absolute atomic E-state index is 0.125. The minimum atomic E-state index is -0.457. The summed E-state index contributed by atoms with van der Waals surface area (Å²) in [5.74, 6) is -0.125. The van der Waals surface area contributed by atoms with Gasteiger partial charge < -0.3 is 5.32 Å². The third kappa shape index (κ3) is 2.13. The molecule has 86 valence electrons. The Labute approximate surface area is 91.0 Å². The molecule has 0 spiro atoms. The zero-order valence-corrected chi connectivity index (χ0v) is 10.3. The van der Waals surface area contributed by atoms with E-state index in [0.717, 1.165) is 0 Å². The lowest BCUT2D eigenvalue weighted by Gasteiger charge is -2.30. The summed E-state index contributed by atoms with van der Waals surface area (Å²) >= 11 is 0. The van der Waals surface area contributed by atoms with Crippen LogP contribution in [0.1, 0.15) is 41.5 Å². The van der Waals surface area contributed by atoms with Crippen LogP contribution in [-0.2, 0) is 4.79 Å². The number of urea groups is 1. The Morgan fingerprint density at radius 3 is 1.73 bits per heavy atom. The SMILES string of the molecule is CC(C)(C)C1NC(=O)N(C(C)(C)C)C1=O. The van der Waals surface area contributed by atoms with Crippen LogP contribution in [0.2, 0.25) is 0 Å². The Bertz CT molecular complexity index is 297. The first-order valence-electron chi connectivity index (χ1n) is 5.20. The molecule has 3 amide bonds. The molecule has 0 aliphatic carbocycles. The third-order valence-electron chi connectivity index (χ3n) is 2.48. The summed E-state index contributed by atoms with van der Waals surface area (Å²) in [5.41, 5.74) is -0.700. The smallest absolute Gasteiger partial charge is 0.325 e. The van der Waals surface area contributed by atoms with E-state index in [2.05, 4.69) is 5.32 Å². The number of rotatable bonds is 0. The van der Waals surface area contributed by atoms with Crippen molar-refractivity contribution in [3.8, 4) is 0 Å². The summed E-state index contributed by atoms with van der Waals surface area (Å²) in [6.45, 7) is 11.4. The van der Waals surface area contributed by atoms with E-state index in [1.54, 1.807) is 0 Å². The maximum atomic E-state index is 12.1. The first kappa shape index (κ1) is 12.0. The van der Waals surface area contributed by atoms with Crippen molar-refractivity contribution in [3.63, 3.8) is 0 Å². The highest BCUT2D eigenvalue weighted by Crippen LogP contribution is 2.28. The normalized spacial score (nSPS) is 23.3. The van der Waals surface area contributed by atoms with Crippen molar-refractivity contribution >= 4 is 11.9 Å². The van der Waals surface area contributed by atoms with E-state index in [9.17, 15) is 9.59 Å². The molecule has 0 aromatic rings. The summed E-state index contributed by atoms with van der Waals surface area (Å²) in [6, 6.07) is -0.698. The molecule has 0 bridgehead atoms. The van der Waals surface area contributed by atoms with Crippen LogP contribution in [0.3, 0.4) is 0 Å². The molecule has 4 heteroatoms. The fourth-order valence-corrected chi connectivity index (χ4v) is 1.70. The van der Waals surface area contributed by atoms with E-state index in [1.807, 2.05) is 41.5 Å². The molecule has 1 heterocycles. The fourth-order valence-electron chi connectivity index (χ4n) is 1.70. The second kappa shape index (κ2) is 3.22. The molecule has 1 aliphatic rings. The number of nitrogens with zero attached hydrogens (tertiary/aromatic N) is 1. The van der Waals surface area contributed by atoms with E-state index in [0.29, 0.717) is 0 Å². The van der Waals surface area contributed by atoms with Crippen LogP contribution in [-0.4, -0.2) is 28.4 Å². The van der Waals surface area contributed by atoms with Crippen LogP contribution in [0.4, 0.5) is 4.79 Å². The van der Waals surface area contributed by atoms with E-state index in [-0.39, 0.29) is 17.4 Å². The fraction of sp³-hybridized carbons (Fsp3) is 0.818. The lowest BCUT2D eigenvalue weighted by molar-refractivity contribution is -0.132. The third-order valence-corrected chi connectivity index (χ3v) is 2.48. The molecule has 0 saturated carbocycles. The lowest BCUT2D eigenvalue weighted by atomic mass is 9.86. The predicted octanol–water partition coefficient (Wildman–Crippen LogP) is 1.75. The summed E-state index contributed by atoms with van der Waals surface area (Å²) < 4.78 is 0. The van der Waals surface area contributed by atoms with Gasteiger partial charge in [-0.05, 0) is 26.2 Å². The van der Waals surface area contributed by atoms with Crippen LogP contribution < -0.4 is 5.32 Å². The second-order valence-electron chi connectivity index (χ2n) is 6.09. The molecule has 0 aromatic heterocycles. The van der Waals surface area contributed by atoms with Crippen LogP contribution in [0.5, 0.6) is 0 Å². The van der Waals surface area contributed by atoms with Crippen molar-refractivity contribution < 1.29 is 9.59 Å². The Morgan fingerprint density at radius 1 is 1.07 bits per heavy atom. The molecule has 1 N–H and O–H groups in total. The second-order valence-corrected chi connectivity index (χ2v) is 6.09. The van der Waals surface area contributed by atoms with Gasteiger partial charge in [0.05, 0.1) is 0 Å². The van der Waals surface area contributed by atoms with Gasteiger partial charge in [-0.1, -0.05) is 20.8 Å². The molecular formula is C11H20N2O2. The average molecular weight is 212 g/mol. The zero-order chi connectivity index (χ0) is 12.0. The highest BCUT2D eigenvalue weighted by Gasteiger charge is 2.48. The summed E-state index contributed by atoms with van der Waals surface area (Å²) in [5, 5.41) is 2.74. The Balaban J connectivity index is 3.00. The molecule has 4 nitrogen and oxygen atoms in total. The van der Waals surface area contributed by atoms with Gasteiger partial charge in [-0.15, -0.1) is 0 Å². The topological polar surface area (TPSA) is 49.4 Å². The summed E-state index contributed by atoms with van der Waals surface area (Å²) in [6.07, 6.45) is 0. The highest BCUT2D eigenvalue weighted by atomic mass is 16.2. The molecule has 1 atom stereocenters. The molecule has 1 fully saturated rings. The number of hydrogen-bond donors (Lipinski definition) is 1. The molecule has 1 aliphatic heterocycles. The molecule has 0 radical (unpaired) electrons. The molecular weight excluding hydrogens is 192 g/mol. The first-order chi connectivity index (χ1) is 6.55. The van der Waals surface area contributed by atoms with Crippen molar-refractivity contribution in [3.05, 3.63) is 0 Å². The van der Waals surface area contributed by atoms with Gasteiger partial charge in [0.1, 0.15) is 6.04 Å². The average Bonchev–Trinajstić information content (AvgIpc) is 2.22. The quantitative estimate of drug-likeness (QED) is 0.622. The maximum absolute atomic E-state index is 12.1. The van der Waals surface area contributed by atoms with Crippen molar-refractivity contribution in [1.82, 2.24) is 10.2 Å². The van der Waals surface area contributed by atoms with Gasteiger partial charge in [0.25, 0.3) is 5.91 Å². The number of carbonyl (C=O) groups excluding carboxylic acids is 2. The standard InChI is InChI=1S/C11H20N2O2/c1-10(2,3)7-8(14)13(9(15)12-7)11(4,5)6/h7H,1-6H3,(H,12,15). The van der Waals surface area contributed by atoms with E-state index in [4.69, 9.17) is 0 Å². The maximum Gasteiger partial charge on any atom is 0.325 e. The molecule has 0 aromatic carbocycles. The van der Waals surface area contributed by atoms with Gasteiger partial charge >= 0.3 is 6.03 Å². The van der Waals surface area contributed by atoms with Crippen LogP contribution >= 0.6 is 0 Å². The molecule has 1 unspecified atom stereocenters. The van der Waals surface area contributed by atoms with Gasteiger partial charge in [0, 0.05) is 5.54 Å². The largest absolute Gasteiger partial charge is 0.325 e. The van der Waals surface area contributed by atoms with Crippen LogP contribution in [0.15, 0.2) is 0 Å². The Morgan fingerprint density at radius 2 is 1.53 bits per heavy atom. The van der Waals surface area contributed by atoms with E-state index < -0.39 is 11.6 Å². The van der Waals surface area contributed by atoms with Gasteiger partial charge in [-0.3, -0.25) is 9.69 Å². The van der Waals surface area contributed by atoms with Crippen molar-refractivity contribution in [2.24, 2.45) is 5.41 Å². The van der Waals surface area contributed by atoms with Gasteiger partial charge in [0.2, 0.25) is 0 Å². The summed E-state index contributed by atoms with van der Waals surface area (Å²) in [4.78, 5) is 25.0. The number of carbonyl (C=O) groups is 2. The summed E-state index contributed by atoms with van der Waals surface area (Å²) in [7, 11) is 0. The predicted molar refractivity (Wildman–Crippen MR) is 58.4 cm³/mol. The van der Waals surface area contributed by atoms with Crippen molar-refractivity contribution in [2.45, 2.75) is 53.1 Å². The van der Waals surface area contributed by atoms with E-state index in [1.165, 1.54) is 4.90 Å². The number of nitrogens with one attached hydrogen (secondary N) is 1. The highest BCUT2D eigenvalue weighted by molar-refractivity contribution is 6.05. The van der Waals surface area contributed by atoms with Crippen LogP contribution in [0.25, 0.3) is 0 Å². The minimum Gasteiger partial charge on any atom is -0.325 e. The van der Waals surface area contributed by atoms with Crippen molar-refractivity contribution in [1.29, 1.82) is 0 Å². The number of amides is 3. The number of imide groups is 1. The van der Waals surface area contributed by atoms with Gasteiger partial charge in [-0.2, -0.15) is 0 Å². The van der Waals surface area contributed by atoms with Gasteiger partial charge in [0.15, 0.2) is 0 Å². The Kier molecular flexibility index (Phi) is 2.58. The van der Waals surface area contributed by atoms with Gasteiger partial charge in [-0.25, -0.2) is 4.79 Å². The zero-order valence-electron chi connectivity index (χ0n) is 10.3. The molecule has 15 heavy (non-hydrogen) atoms. The first-order valence-corrected chi connectivity index (χ1v) is 5.20. The van der Waals surface area contributed by atoms with Crippen LogP contribution in [0, 0.1) is 5.41 Å². The molecule has 1 rings (SSSR count). The monoisotopic (exact) mass is 212 g/mol. The van der Waals surface area contributed by atoms with Crippen molar-refractivity contribution in [2.75, 3.05) is 0 Å². The van der Waals surface area contributed by atoms with E-state index >= 15 is 0 Å². The lowest BCUT2D eigenvalue weighted by Crippen LogP contribution is -2.47. The number of hydrogen-bond acceptors (Lipinski definition) is 2.